The molecule has 0 spiro atoms. The lowest BCUT2D eigenvalue weighted by Gasteiger charge is -2.32. The van der Waals surface area contributed by atoms with Crippen LogP contribution in [0.5, 0.6) is 0 Å². The largest absolute Gasteiger partial charge is 0.350 e. The molecule has 0 bridgehead atoms. The van der Waals surface area contributed by atoms with Gasteiger partial charge in [0.2, 0.25) is 0 Å². The molecule has 0 saturated carbocycles. The Bertz CT molecular complexity index is 906. The average molecular weight is 342 g/mol. The molecule has 1 unspecified atom stereocenters. The summed E-state index contributed by atoms with van der Waals surface area (Å²) >= 11 is 0. The van der Waals surface area contributed by atoms with E-state index in [-0.39, 0.29) is 23.0 Å². The fourth-order valence-electron chi connectivity index (χ4n) is 3.01. The number of pyridine rings is 1. The van der Waals surface area contributed by atoms with Gasteiger partial charge in [0.25, 0.3) is 0 Å². The van der Waals surface area contributed by atoms with Gasteiger partial charge in [0.05, 0.1) is 6.54 Å². The summed E-state index contributed by atoms with van der Waals surface area (Å²) in [5.74, 6) is -0.243. The van der Waals surface area contributed by atoms with Crippen LogP contribution in [-0.4, -0.2) is 20.7 Å². The number of fused-ring (bicyclic) bond motifs is 1. The minimum atomic E-state index is -0.243. The van der Waals surface area contributed by atoms with E-state index in [1.807, 2.05) is 18.2 Å². The highest BCUT2D eigenvalue weighted by Gasteiger charge is 2.25. The van der Waals surface area contributed by atoms with Crippen molar-refractivity contribution >= 4 is 5.65 Å². The Morgan fingerprint density at radius 3 is 2.52 bits per heavy atom. The first-order valence-electron chi connectivity index (χ1n) is 8.39. The predicted molar refractivity (Wildman–Crippen MR) is 96.1 cm³/mol. The van der Waals surface area contributed by atoms with Crippen LogP contribution in [0, 0.1) is 11.2 Å². The molecule has 1 aromatic carbocycles. The van der Waals surface area contributed by atoms with Crippen LogP contribution in [0.4, 0.5) is 4.39 Å². The molecule has 2 aromatic heterocycles. The van der Waals surface area contributed by atoms with Crippen LogP contribution in [-0.2, 0) is 6.54 Å². The molecule has 5 nitrogen and oxygen atoms in total. The monoisotopic (exact) mass is 342 g/mol. The highest BCUT2D eigenvalue weighted by molar-refractivity contribution is 5.35. The zero-order chi connectivity index (χ0) is 18.0. The lowest BCUT2D eigenvalue weighted by Crippen LogP contribution is -2.36. The highest BCUT2D eigenvalue weighted by atomic mass is 19.1. The predicted octanol–water partition coefficient (Wildman–Crippen LogP) is 3.01. The molecular formula is C19H23FN4O. The van der Waals surface area contributed by atoms with Crippen LogP contribution in [0.25, 0.3) is 5.65 Å². The third-order valence-electron chi connectivity index (χ3n) is 4.23. The van der Waals surface area contributed by atoms with Gasteiger partial charge in [0, 0.05) is 18.8 Å². The Balaban J connectivity index is 1.74. The van der Waals surface area contributed by atoms with E-state index in [0.29, 0.717) is 18.7 Å². The molecule has 1 N–H and O–H groups in total. The maximum Gasteiger partial charge on any atom is 0.350 e. The van der Waals surface area contributed by atoms with Crippen LogP contribution in [0.3, 0.4) is 0 Å². The average Bonchev–Trinajstić information content (AvgIpc) is 2.88. The minimum absolute atomic E-state index is 0.0424. The molecule has 25 heavy (non-hydrogen) atoms. The summed E-state index contributed by atoms with van der Waals surface area (Å²) in [6.45, 7) is 7.44. The second-order valence-electron chi connectivity index (χ2n) is 7.24. The summed E-state index contributed by atoms with van der Waals surface area (Å²) in [4.78, 5) is 12.3. The van der Waals surface area contributed by atoms with Crippen molar-refractivity contribution in [1.82, 2.24) is 19.5 Å². The molecule has 0 aliphatic heterocycles. The van der Waals surface area contributed by atoms with Crippen molar-refractivity contribution in [2.24, 2.45) is 5.41 Å². The van der Waals surface area contributed by atoms with E-state index in [1.165, 1.54) is 21.2 Å². The third kappa shape index (κ3) is 3.79. The van der Waals surface area contributed by atoms with Crippen molar-refractivity contribution in [2.45, 2.75) is 33.4 Å². The fourth-order valence-corrected chi connectivity index (χ4v) is 3.01. The van der Waals surface area contributed by atoms with Crippen LogP contribution in [0.2, 0.25) is 0 Å². The van der Waals surface area contributed by atoms with Crippen molar-refractivity contribution in [3.63, 3.8) is 0 Å². The molecule has 2 heterocycles. The summed E-state index contributed by atoms with van der Waals surface area (Å²) in [6, 6.07) is 12.1. The Labute approximate surface area is 146 Å². The molecule has 0 fully saturated rings. The van der Waals surface area contributed by atoms with Gasteiger partial charge in [-0.25, -0.2) is 13.9 Å². The van der Waals surface area contributed by atoms with E-state index in [1.54, 1.807) is 18.3 Å². The van der Waals surface area contributed by atoms with E-state index in [2.05, 4.69) is 31.2 Å². The minimum Gasteiger partial charge on any atom is -0.308 e. The molecule has 0 amide bonds. The van der Waals surface area contributed by atoms with Crippen molar-refractivity contribution in [1.29, 1.82) is 0 Å². The van der Waals surface area contributed by atoms with E-state index in [4.69, 9.17) is 0 Å². The first kappa shape index (κ1) is 17.4. The van der Waals surface area contributed by atoms with Gasteiger partial charge in [-0.15, -0.1) is 5.10 Å². The summed E-state index contributed by atoms with van der Waals surface area (Å²) in [6.07, 6.45) is 1.71. The summed E-state index contributed by atoms with van der Waals surface area (Å²) in [7, 11) is 0. The lowest BCUT2D eigenvalue weighted by atomic mass is 9.82. The molecule has 0 aliphatic carbocycles. The van der Waals surface area contributed by atoms with Crippen LogP contribution in [0.15, 0.2) is 53.5 Å². The van der Waals surface area contributed by atoms with Gasteiger partial charge in [0.1, 0.15) is 5.82 Å². The second-order valence-corrected chi connectivity index (χ2v) is 7.24. The molecule has 6 heteroatoms. The second kappa shape index (κ2) is 6.80. The Hall–Kier alpha value is -2.47. The first-order chi connectivity index (χ1) is 11.9. The van der Waals surface area contributed by atoms with E-state index in [0.717, 1.165) is 5.56 Å². The van der Waals surface area contributed by atoms with E-state index < -0.39 is 0 Å². The summed E-state index contributed by atoms with van der Waals surface area (Å²) in [5, 5.41) is 7.82. The summed E-state index contributed by atoms with van der Waals surface area (Å²) < 4.78 is 16.2. The molecule has 3 aromatic rings. The smallest absolute Gasteiger partial charge is 0.308 e. The normalized spacial score (nSPS) is 13.3. The maximum atomic E-state index is 13.2. The maximum absolute atomic E-state index is 13.2. The lowest BCUT2D eigenvalue weighted by molar-refractivity contribution is 0.268. The molecule has 132 valence electrons. The van der Waals surface area contributed by atoms with Crippen molar-refractivity contribution in [3.8, 4) is 0 Å². The fraction of sp³-hybridized carbons (Fsp3) is 0.368. The zero-order valence-corrected chi connectivity index (χ0v) is 14.7. The van der Waals surface area contributed by atoms with Gasteiger partial charge in [0.15, 0.2) is 5.65 Å². The highest BCUT2D eigenvalue weighted by Crippen LogP contribution is 2.32. The number of hydrogen-bond acceptors (Lipinski definition) is 3. The Morgan fingerprint density at radius 1 is 1.16 bits per heavy atom. The van der Waals surface area contributed by atoms with Crippen molar-refractivity contribution in [2.75, 3.05) is 6.54 Å². The molecule has 0 saturated heterocycles. The van der Waals surface area contributed by atoms with Crippen LogP contribution < -0.4 is 11.0 Å². The first-order valence-corrected chi connectivity index (χ1v) is 8.39. The zero-order valence-electron chi connectivity index (χ0n) is 14.7. The van der Waals surface area contributed by atoms with Gasteiger partial charge < -0.3 is 5.32 Å². The van der Waals surface area contributed by atoms with E-state index >= 15 is 0 Å². The molecule has 0 radical (unpaired) electrons. The van der Waals surface area contributed by atoms with Gasteiger partial charge in [-0.1, -0.05) is 39.0 Å². The number of nitrogens with zero attached hydrogens (tertiary/aromatic N) is 3. The van der Waals surface area contributed by atoms with Gasteiger partial charge in [-0.3, -0.25) is 4.40 Å². The molecular weight excluding hydrogens is 319 g/mol. The van der Waals surface area contributed by atoms with E-state index in [9.17, 15) is 9.18 Å². The molecule has 1 atom stereocenters. The topological polar surface area (TPSA) is 51.3 Å². The van der Waals surface area contributed by atoms with Gasteiger partial charge >= 0.3 is 5.69 Å². The number of halogens is 1. The summed E-state index contributed by atoms with van der Waals surface area (Å²) in [5.41, 5.74) is 1.46. The van der Waals surface area contributed by atoms with Crippen molar-refractivity contribution < 1.29 is 4.39 Å². The standard InChI is InChI=1S/C19H23FN4O/c1-19(2,3)17(14-7-9-15(20)10-8-14)21-11-13-24-18(25)23-12-5-4-6-16(23)22-24/h4-10,12,17,21H,11,13H2,1-3H3. The quantitative estimate of drug-likeness (QED) is 0.775. The number of nitrogens with one attached hydrogen (secondary N) is 1. The van der Waals surface area contributed by atoms with Crippen LogP contribution >= 0.6 is 0 Å². The van der Waals surface area contributed by atoms with Crippen molar-refractivity contribution in [3.05, 3.63) is 70.5 Å². The Morgan fingerprint density at radius 2 is 1.88 bits per heavy atom. The SMILES string of the molecule is CC(C)(C)C(NCCn1nc2ccccn2c1=O)c1ccc(F)cc1. The Kier molecular flexibility index (Phi) is 4.72. The number of benzene rings is 1. The molecule has 3 rings (SSSR count). The van der Waals surface area contributed by atoms with Gasteiger partial charge in [-0.2, -0.15) is 0 Å². The third-order valence-corrected chi connectivity index (χ3v) is 4.23. The number of rotatable bonds is 5. The number of hydrogen-bond donors (Lipinski definition) is 1. The number of aromatic nitrogens is 3. The molecule has 0 aliphatic rings. The van der Waals surface area contributed by atoms with Crippen LogP contribution in [0.1, 0.15) is 32.4 Å². The van der Waals surface area contributed by atoms with Gasteiger partial charge in [-0.05, 0) is 35.2 Å².